The van der Waals surface area contributed by atoms with Crippen molar-refractivity contribution in [3.8, 4) is 17.1 Å². The van der Waals surface area contributed by atoms with Gasteiger partial charge in [-0.3, -0.25) is 4.79 Å². The van der Waals surface area contributed by atoms with Crippen LogP contribution in [0.15, 0.2) is 53.1 Å². The van der Waals surface area contributed by atoms with E-state index >= 15 is 0 Å². The van der Waals surface area contributed by atoms with Crippen LogP contribution in [0.4, 0.5) is 13.2 Å². The highest BCUT2D eigenvalue weighted by Gasteiger charge is 2.25. The lowest BCUT2D eigenvalue weighted by Crippen LogP contribution is -2.27. The number of phenolic OH excluding ortho intramolecular Hbond substituents is 1. The molecule has 1 N–H and O–H groups in total. The molecule has 0 spiro atoms. The van der Waals surface area contributed by atoms with Gasteiger partial charge in [-0.1, -0.05) is 41.6 Å². The number of phenols is 1. The first-order valence-electron chi connectivity index (χ1n) is 8.62. The molecule has 8 heteroatoms. The van der Waals surface area contributed by atoms with Crippen molar-refractivity contribution in [2.75, 3.05) is 13.1 Å². The summed E-state index contributed by atoms with van der Waals surface area (Å²) >= 11 is 0. The maximum Gasteiger partial charge on any atom is 0.276 e. The Labute approximate surface area is 159 Å². The van der Waals surface area contributed by atoms with Crippen molar-refractivity contribution in [3.63, 3.8) is 0 Å². The molecule has 2 heterocycles. The summed E-state index contributed by atoms with van der Waals surface area (Å²) in [6, 6.07) is 13.7. The van der Waals surface area contributed by atoms with E-state index in [0.29, 0.717) is 19.2 Å². The molecule has 0 atom stereocenters. The number of hydrogen-bond donors (Lipinski definition) is 1. The smallest absolute Gasteiger partial charge is 0.276 e. The van der Waals surface area contributed by atoms with E-state index in [2.05, 4.69) is 5.16 Å². The molecule has 2 aromatic carbocycles. The minimum absolute atomic E-state index is 0.0551. The van der Waals surface area contributed by atoms with Crippen LogP contribution in [0.3, 0.4) is 0 Å². The second-order valence-electron chi connectivity index (χ2n) is 6.11. The van der Waals surface area contributed by atoms with E-state index in [4.69, 9.17) is 4.52 Å². The minimum atomic E-state index is -1.69. The van der Waals surface area contributed by atoms with Crippen molar-refractivity contribution in [3.05, 3.63) is 71.7 Å². The summed E-state index contributed by atoms with van der Waals surface area (Å²) in [5, 5.41) is 12.7. The quantitative estimate of drug-likeness (QED) is 0.659. The topological polar surface area (TPSA) is 66.6 Å². The summed E-state index contributed by atoms with van der Waals surface area (Å²) < 4.78 is 45.0. The van der Waals surface area contributed by atoms with Gasteiger partial charge in [-0.05, 0) is 18.9 Å². The Hall–Kier alpha value is -3.29. The van der Waals surface area contributed by atoms with Gasteiger partial charge in [-0.2, -0.15) is 4.39 Å². The number of likely N-dealkylation sites (tertiary alicyclic amines) is 1. The van der Waals surface area contributed by atoms with E-state index in [9.17, 15) is 23.1 Å². The summed E-state index contributed by atoms with van der Waals surface area (Å²) in [7, 11) is 0. The Balaban J connectivity index is 0.000000320. The summed E-state index contributed by atoms with van der Waals surface area (Å²) in [5.74, 6) is -6.59. The molecule has 1 saturated heterocycles. The number of carbonyl (C=O) groups excluding carboxylic acids is 1. The Bertz CT molecular complexity index is 928. The molecule has 28 heavy (non-hydrogen) atoms. The zero-order chi connectivity index (χ0) is 20.1. The normalized spacial score (nSPS) is 13.2. The van der Waals surface area contributed by atoms with Crippen LogP contribution < -0.4 is 0 Å². The van der Waals surface area contributed by atoms with Crippen LogP contribution in [0.25, 0.3) is 11.3 Å². The van der Waals surface area contributed by atoms with Crippen LogP contribution in [-0.4, -0.2) is 34.2 Å². The van der Waals surface area contributed by atoms with Crippen molar-refractivity contribution >= 4 is 5.91 Å². The molecule has 3 aromatic rings. The molecule has 4 rings (SSSR count). The van der Waals surface area contributed by atoms with Gasteiger partial charge in [-0.15, -0.1) is 0 Å². The third-order valence-electron chi connectivity index (χ3n) is 4.19. The highest BCUT2D eigenvalue weighted by atomic mass is 19.2. The second-order valence-corrected chi connectivity index (χ2v) is 6.11. The first-order valence-corrected chi connectivity index (χ1v) is 8.62. The number of halogens is 3. The van der Waals surface area contributed by atoms with Gasteiger partial charge >= 0.3 is 0 Å². The lowest BCUT2D eigenvalue weighted by atomic mass is 10.1. The molecule has 0 bridgehead atoms. The third kappa shape index (κ3) is 4.16. The number of hydrogen-bond acceptors (Lipinski definition) is 4. The molecule has 1 amide bonds. The van der Waals surface area contributed by atoms with E-state index in [-0.39, 0.29) is 17.4 Å². The van der Waals surface area contributed by atoms with Gasteiger partial charge < -0.3 is 14.5 Å². The standard InChI is InChI=1S/C14H11F3N2O3.C6H6/c15-8-5-7(11(16)13(20)12(8)17)10-6-9(18-22-10)14(21)19-3-1-2-4-19;1-2-4-6-5-3-1/h5-6,20H,1-4H2;1-6H. The Morgan fingerprint density at radius 1 is 0.964 bits per heavy atom. The summed E-state index contributed by atoms with van der Waals surface area (Å²) in [4.78, 5) is 13.7. The van der Waals surface area contributed by atoms with Gasteiger partial charge in [0.25, 0.3) is 5.91 Å². The molecule has 1 aliphatic rings. The van der Waals surface area contributed by atoms with Gasteiger partial charge in [0.1, 0.15) is 0 Å². The Kier molecular flexibility index (Phi) is 5.98. The highest BCUT2D eigenvalue weighted by Crippen LogP contribution is 2.33. The minimum Gasteiger partial charge on any atom is -0.503 e. The number of benzene rings is 2. The Morgan fingerprint density at radius 2 is 1.54 bits per heavy atom. The molecular weight excluding hydrogens is 373 g/mol. The highest BCUT2D eigenvalue weighted by molar-refractivity contribution is 5.93. The maximum atomic E-state index is 13.8. The first kappa shape index (κ1) is 19.5. The number of aromatic hydroxyl groups is 1. The molecule has 1 aliphatic heterocycles. The molecular formula is C20H17F3N2O3. The zero-order valence-corrected chi connectivity index (χ0v) is 14.7. The fourth-order valence-corrected chi connectivity index (χ4v) is 2.74. The number of rotatable bonds is 2. The SMILES string of the molecule is O=C(c1cc(-c2cc(F)c(F)c(O)c2F)on1)N1CCCC1.c1ccccc1. The van der Waals surface area contributed by atoms with E-state index in [1.807, 2.05) is 36.4 Å². The fraction of sp³-hybridized carbons (Fsp3) is 0.200. The van der Waals surface area contributed by atoms with Gasteiger partial charge in [0.15, 0.2) is 28.8 Å². The second kappa shape index (κ2) is 8.60. The molecule has 146 valence electrons. The van der Waals surface area contributed by atoms with Crippen molar-refractivity contribution in [2.45, 2.75) is 12.8 Å². The van der Waals surface area contributed by atoms with E-state index < -0.39 is 28.8 Å². The van der Waals surface area contributed by atoms with Crippen LogP contribution in [0.5, 0.6) is 5.75 Å². The van der Waals surface area contributed by atoms with Crippen molar-refractivity contribution in [2.24, 2.45) is 0 Å². The molecule has 0 radical (unpaired) electrons. The summed E-state index contributed by atoms with van der Waals surface area (Å²) in [5.41, 5.74) is -0.565. The number of aromatic nitrogens is 1. The van der Waals surface area contributed by atoms with Crippen molar-refractivity contribution in [1.29, 1.82) is 0 Å². The third-order valence-corrected chi connectivity index (χ3v) is 4.19. The van der Waals surface area contributed by atoms with Crippen LogP contribution in [-0.2, 0) is 0 Å². The maximum absolute atomic E-state index is 13.8. The predicted molar refractivity (Wildman–Crippen MR) is 95.1 cm³/mol. The first-order chi connectivity index (χ1) is 13.5. The average molecular weight is 390 g/mol. The monoisotopic (exact) mass is 390 g/mol. The van der Waals surface area contributed by atoms with Gasteiger partial charge in [0.05, 0.1) is 5.56 Å². The molecule has 0 aliphatic carbocycles. The number of carbonyl (C=O) groups is 1. The predicted octanol–water partition coefficient (Wildman–Crippen LogP) is 4.39. The Morgan fingerprint density at radius 3 is 2.11 bits per heavy atom. The molecule has 1 aromatic heterocycles. The van der Waals surface area contributed by atoms with Crippen LogP contribution in [0.2, 0.25) is 0 Å². The summed E-state index contributed by atoms with van der Waals surface area (Å²) in [6.45, 7) is 1.20. The fourth-order valence-electron chi connectivity index (χ4n) is 2.74. The van der Waals surface area contributed by atoms with Crippen molar-refractivity contribution in [1.82, 2.24) is 10.1 Å². The van der Waals surface area contributed by atoms with Crippen LogP contribution >= 0.6 is 0 Å². The molecule has 0 saturated carbocycles. The van der Waals surface area contributed by atoms with Crippen LogP contribution in [0.1, 0.15) is 23.3 Å². The van der Waals surface area contributed by atoms with Crippen molar-refractivity contribution < 1.29 is 27.6 Å². The average Bonchev–Trinajstić information content (AvgIpc) is 3.43. The number of nitrogens with zero attached hydrogens (tertiary/aromatic N) is 2. The zero-order valence-electron chi connectivity index (χ0n) is 14.7. The van der Waals surface area contributed by atoms with Gasteiger partial charge in [0, 0.05) is 19.2 Å². The van der Waals surface area contributed by atoms with Gasteiger partial charge in [-0.25, -0.2) is 8.78 Å². The van der Waals surface area contributed by atoms with E-state index in [0.717, 1.165) is 18.9 Å². The van der Waals surface area contributed by atoms with E-state index in [1.165, 1.54) is 0 Å². The number of amides is 1. The molecule has 5 nitrogen and oxygen atoms in total. The molecule has 1 fully saturated rings. The van der Waals surface area contributed by atoms with E-state index in [1.54, 1.807) is 4.90 Å². The largest absolute Gasteiger partial charge is 0.503 e. The summed E-state index contributed by atoms with van der Waals surface area (Å²) in [6.07, 6.45) is 1.78. The van der Waals surface area contributed by atoms with Gasteiger partial charge in [0.2, 0.25) is 5.82 Å². The van der Waals surface area contributed by atoms with Crippen LogP contribution in [0, 0.1) is 17.5 Å². The molecule has 0 unspecified atom stereocenters. The lowest BCUT2D eigenvalue weighted by molar-refractivity contribution is 0.0782. The lowest BCUT2D eigenvalue weighted by Gasteiger charge is -2.12.